The molecule has 0 unspecified atom stereocenters. The lowest BCUT2D eigenvalue weighted by atomic mass is 9.77. The number of rotatable bonds is 5. The minimum Gasteiger partial charge on any atom is -0.481 e. The van der Waals surface area contributed by atoms with Crippen LogP contribution in [0.2, 0.25) is 0 Å². The molecule has 194 valence electrons. The maximum Gasteiger partial charge on any atom is 0.320 e. The molecule has 2 saturated heterocycles. The first-order valence-electron chi connectivity index (χ1n) is 13.0. The topological polar surface area (TPSA) is 123 Å². The van der Waals surface area contributed by atoms with Crippen molar-refractivity contribution in [2.24, 2.45) is 5.92 Å². The Hall–Kier alpha value is -2.68. The Bertz CT molecular complexity index is 905. The summed E-state index contributed by atoms with van der Waals surface area (Å²) in [5, 5.41) is 23.8. The van der Waals surface area contributed by atoms with Gasteiger partial charge in [0, 0.05) is 50.8 Å². The first-order chi connectivity index (χ1) is 16.8. The molecule has 3 aliphatic heterocycles. The number of urea groups is 1. The number of carboxylic acids is 1. The molecule has 2 amide bonds. The van der Waals surface area contributed by atoms with Crippen molar-refractivity contribution in [2.45, 2.75) is 77.2 Å². The van der Waals surface area contributed by atoms with Gasteiger partial charge >= 0.3 is 12.0 Å². The van der Waals surface area contributed by atoms with Gasteiger partial charge in [0.15, 0.2) is 0 Å². The fourth-order valence-corrected chi connectivity index (χ4v) is 5.37. The van der Waals surface area contributed by atoms with Crippen molar-refractivity contribution in [3.8, 4) is 0 Å². The highest BCUT2D eigenvalue weighted by molar-refractivity contribution is 5.83. The number of carbonyl (C=O) groups excluding carboxylic acids is 2. The molecule has 3 N–H and O–H groups in total. The van der Waals surface area contributed by atoms with E-state index in [1.165, 1.54) is 12.5 Å². The third-order valence-corrected chi connectivity index (χ3v) is 7.44. The maximum atomic E-state index is 13.1. The second-order valence-electron chi connectivity index (χ2n) is 9.71. The number of hydrogen-bond acceptors (Lipinski definition) is 6. The molecule has 0 aromatic carbocycles. The number of aromatic nitrogens is 1. The standard InChI is InChI=1S/C24H34N4O5.C2H6/c1-16(29)15-19(22(30)31)24(33)8-13-28(14-9-24)23(32)27-11-6-17(7-12-27)20-5-4-18-3-2-10-25-21(18)26-20;1-2/h4-5,17,19,33H,2-3,6-15H2,1H3,(H,25,26)(H,30,31);1-2H3/t19-;/m0./s1. The molecular formula is C26H40N4O5. The molecule has 4 heterocycles. The summed E-state index contributed by atoms with van der Waals surface area (Å²) in [6.07, 6.45) is 4.03. The molecule has 0 aliphatic carbocycles. The number of anilines is 1. The zero-order valence-electron chi connectivity index (χ0n) is 21.3. The van der Waals surface area contributed by atoms with Crippen LogP contribution >= 0.6 is 0 Å². The number of aryl methyl sites for hydroxylation is 1. The molecular weight excluding hydrogens is 448 g/mol. The van der Waals surface area contributed by atoms with Crippen molar-refractivity contribution in [1.82, 2.24) is 14.8 Å². The van der Waals surface area contributed by atoms with E-state index in [-0.39, 0.29) is 44.2 Å². The van der Waals surface area contributed by atoms with Crippen LogP contribution in [0.5, 0.6) is 0 Å². The van der Waals surface area contributed by atoms with Crippen molar-refractivity contribution >= 4 is 23.6 Å². The Morgan fingerprint density at radius 1 is 1.11 bits per heavy atom. The van der Waals surface area contributed by atoms with Crippen LogP contribution in [0.25, 0.3) is 0 Å². The number of carboxylic acid groups (broad SMARTS) is 1. The molecule has 0 saturated carbocycles. The zero-order chi connectivity index (χ0) is 25.6. The Kier molecular flexibility index (Phi) is 9.10. The van der Waals surface area contributed by atoms with Crippen LogP contribution < -0.4 is 5.32 Å². The molecule has 0 bridgehead atoms. The summed E-state index contributed by atoms with van der Waals surface area (Å²) in [6, 6.07) is 4.24. The molecule has 0 spiro atoms. The largest absolute Gasteiger partial charge is 0.481 e. The van der Waals surface area contributed by atoms with Gasteiger partial charge in [0.05, 0.1) is 11.5 Å². The Labute approximate surface area is 207 Å². The number of aliphatic carboxylic acids is 1. The van der Waals surface area contributed by atoms with Crippen molar-refractivity contribution < 1.29 is 24.6 Å². The number of piperidine rings is 2. The van der Waals surface area contributed by atoms with Crippen LogP contribution in [0.4, 0.5) is 10.6 Å². The molecule has 4 rings (SSSR count). The van der Waals surface area contributed by atoms with Crippen molar-refractivity contribution in [3.63, 3.8) is 0 Å². The van der Waals surface area contributed by atoms with Crippen LogP contribution in [0.15, 0.2) is 12.1 Å². The summed E-state index contributed by atoms with van der Waals surface area (Å²) in [5.74, 6) is -1.23. The van der Waals surface area contributed by atoms with E-state index in [0.29, 0.717) is 19.0 Å². The van der Waals surface area contributed by atoms with Crippen LogP contribution in [-0.4, -0.2) is 81.1 Å². The first-order valence-corrected chi connectivity index (χ1v) is 13.0. The lowest BCUT2D eigenvalue weighted by Gasteiger charge is -2.43. The fraction of sp³-hybridized carbons (Fsp3) is 0.692. The lowest BCUT2D eigenvalue weighted by molar-refractivity contribution is -0.158. The second kappa shape index (κ2) is 11.8. The summed E-state index contributed by atoms with van der Waals surface area (Å²) in [4.78, 5) is 44.5. The van der Waals surface area contributed by atoms with Gasteiger partial charge in [0.25, 0.3) is 0 Å². The monoisotopic (exact) mass is 488 g/mol. The summed E-state index contributed by atoms with van der Waals surface area (Å²) in [5.41, 5.74) is 0.896. The molecule has 2 fully saturated rings. The smallest absolute Gasteiger partial charge is 0.320 e. The van der Waals surface area contributed by atoms with Gasteiger partial charge in [-0.25, -0.2) is 9.78 Å². The van der Waals surface area contributed by atoms with Gasteiger partial charge in [-0.15, -0.1) is 0 Å². The van der Waals surface area contributed by atoms with E-state index in [1.54, 1.807) is 4.90 Å². The van der Waals surface area contributed by atoms with Gasteiger partial charge in [0.1, 0.15) is 11.6 Å². The van der Waals surface area contributed by atoms with Crippen LogP contribution in [0.3, 0.4) is 0 Å². The summed E-state index contributed by atoms with van der Waals surface area (Å²) in [7, 11) is 0. The van der Waals surface area contributed by atoms with E-state index in [9.17, 15) is 24.6 Å². The predicted octanol–water partition coefficient (Wildman–Crippen LogP) is 3.27. The number of fused-ring (bicyclic) bond motifs is 1. The van der Waals surface area contributed by atoms with Crippen molar-refractivity contribution in [1.29, 1.82) is 0 Å². The normalized spacial score (nSPS) is 20.6. The third kappa shape index (κ3) is 6.31. The molecule has 9 nitrogen and oxygen atoms in total. The summed E-state index contributed by atoms with van der Waals surface area (Å²) in [6.45, 7) is 8.17. The highest BCUT2D eigenvalue weighted by atomic mass is 16.4. The Morgan fingerprint density at radius 2 is 1.74 bits per heavy atom. The molecule has 1 aromatic heterocycles. The van der Waals surface area contributed by atoms with E-state index in [1.807, 2.05) is 18.7 Å². The van der Waals surface area contributed by atoms with E-state index < -0.39 is 17.5 Å². The Morgan fingerprint density at radius 3 is 2.34 bits per heavy atom. The van der Waals surface area contributed by atoms with Gasteiger partial charge < -0.3 is 30.1 Å². The fourth-order valence-electron chi connectivity index (χ4n) is 5.37. The number of carbonyl (C=O) groups is 3. The highest BCUT2D eigenvalue weighted by Crippen LogP contribution is 2.34. The van der Waals surface area contributed by atoms with E-state index in [2.05, 4.69) is 17.4 Å². The first kappa shape index (κ1) is 26.9. The van der Waals surface area contributed by atoms with Gasteiger partial charge in [-0.2, -0.15) is 0 Å². The predicted molar refractivity (Wildman–Crippen MR) is 134 cm³/mol. The molecule has 1 atom stereocenters. The molecule has 35 heavy (non-hydrogen) atoms. The summed E-state index contributed by atoms with van der Waals surface area (Å²) < 4.78 is 0. The maximum absolute atomic E-state index is 13.1. The number of aliphatic hydroxyl groups is 1. The lowest BCUT2D eigenvalue weighted by Crippen LogP contribution is -2.55. The SMILES string of the molecule is CC.CC(=O)C[C@@H](C(=O)O)C1(O)CCN(C(=O)N2CCC(c3ccc4c(n3)NCCC4)CC2)CC1. The average molecular weight is 489 g/mol. The van der Waals surface area contributed by atoms with Crippen LogP contribution in [-0.2, 0) is 16.0 Å². The average Bonchev–Trinajstić information content (AvgIpc) is 2.88. The number of nitrogens with zero attached hydrogens (tertiary/aromatic N) is 3. The molecule has 1 aromatic rings. The Balaban J connectivity index is 0.00000167. The van der Waals surface area contributed by atoms with Crippen LogP contribution in [0, 0.1) is 5.92 Å². The quantitative estimate of drug-likeness (QED) is 0.581. The highest BCUT2D eigenvalue weighted by Gasteiger charge is 2.45. The van der Waals surface area contributed by atoms with Crippen LogP contribution in [0.1, 0.15) is 76.5 Å². The van der Waals surface area contributed by atoms with Crippen molar-refractivity contribution in [3.05, 3.63) is 23.4 Å². The molecule has 3 aliphatic rings. The summed E-state index contributed by atoms with van der Waals surface area (Å²) >= 11 is 0. The van der Waals surface area contributed by atoms with E-state index >= 15 is 0 Å². The van der Waals surface area contributed by atoms with E-state index in [0.717, 1.165) is 43.7 Å². The van der Waals surface area contributed by atoms with E-state index in [4.69, 9.17) is 4.98 Å². The third-order valence-electron chi connectivity index (χ3n) is 7.44. The number of hydrogen-bond donors (Lipinski definition) is 3. The molecule has 0 radical (unpaired) electrons. The minimum atomic E-state index is -1.46. The van der Waals surface area contributed by atoms with Crippen molar-refractivity contribution in [2.75, 3.05) is 38.0 Å². The van der Waals surface area contributed by atoms with Gasteiger partial charge in [0.2, 0.25) is 0 Å². The second-order valence-corrected chi connectivity index (χ2v) is 9.71. The number of amides is 2. The van der Waals surface area contributed by atoms with Gasteiger partial charge in [-0.3, -0.25) is 4.79 Å². The van der Waals surface area contributed by atoms with Gasteiger partial charge in [-0.05, 0) is 57.1 Å². The molecule has 9 heteroatoms. The number of pyridine rings is 1. The zero-order valence-corrected chi connectivity index (χ0v) is 21.3. The van der Waals surface area contributed by atoms with Gasteiger partial charge in [-0.1, -0.05) is 19.9 Å². The number of Topliss-reactive ketones (excluding diaryl/α,β-unsaturated/α-hetero) is 1. The minimum absolute atomic E-state index is 0.0611. The number of likely N-dealkylation sites (tertiary alicyclic amines) is 2. The number of ketones is 1. The number of nitrogens with one attached hydrogen (secondary N) is 1.